The van der Waals surface area contributed by atoms with Crippen molar-refractivity contribution < 1.29 is 14.2 Å². The molecule has 3 aromatic rings. The zero-order chi connectivity index (χ0) is 16.4. The number of hydrogen-bond donors (Lipinski definition) is 3. The highest BCUT2D eigenvalue weighted by Gasteiger charge is 2.17. The van der Waals surface area contributed by atoms with E-state index in [1.807, 2.05) is 42.5 Å². The summed E-state index contributed by atoms with van der Waals surface area (Å²) in [5.41, 5.74) is 2.03. The van der Waals surface area contributed by atoms with Crippen LogP contribution in [0.2, 0.25) is 0 Å². The van der Waals surface area contributed by atoms with Gasteiger partial charge in [-0.2, -0.15) is 0 Å². The number of aromatic amines is 1. The van der Waals surface area contributed by atoms with E-state index in [1.165, 1.54) is 13.8 Å². The molecule has 2 aromatic carbocycles. The second-order valence-electron chi connectivity index (χ2n) is 6.17. The van der Waals surface area contributed by atoms with Crippen LogP contribution in [0.3, 0.4) is 0 Å². The van der Waals surface area contributed by atoms with Crippen molar-refractivity contribution in [2.75, 3.05) is 13.2 Å². The lowest BCUT2D eigenvalue weighted by Gasteiger charge is -2.19. The van der Waals surface area contributed by atoms with Gasteiger partial charge in [0.2, 0.25) is 0 Å². The second kappa shape index (κ2) is 6.18. The molecule has 1 atom stereocenters. The van der Waals surface area contributed by atoms with Crippen LogP contribution in [0.25, 0.3) is 21.8 Å². The van der Waals surface area contributed by atoms with Crippen molar-refractivity contribution in [1.29, 1.82) is 0 Å². The Balaban J connectivity index is 1.78. The summed E-state index contributed by atoms with van der Waals surface area (Å²) in [6.07, 6.45) is -0.787. The zero-order valence-corrected chi connectivity index (χ0v) is 13.3. The Morgan fingerprint density at radius 3 is 2.70 bits per heavy atom. The molecule has 0 saturated carbocycles. The summed E-state index contributed by atoms with van der Waals surface area (Å²) in [6.45, 7) is 3.05. The number of ether oxygens (including phenoxy) is 1. The molecule has 0 bridgehead atoms. The molecule has 5 heteroatoms. The summed E-state index contributed by atoms with van der Waals surface area (Å²) >= 11 is 0. The molecular weight excluding hydrogens is 295 g/mol. The van der Waals surface area contributed by atoms with Gasteiger partial charge in [-0.05, 0) is 32.0 Å². The third-order valence-electron chi connectivity index (χ3n) is 3.68. The van der Waals surface area contributed by atoms with Gasteiger partial charge in [-0.1, -0.05) is 24.3 Å². The van der Waals surface area contributed by atoms with Crippen LogP contribution in [-0.2, 0) is 0 Å². The van der Waals surface area contributed by atoms with Crippen molar-refractivity contribution in [2.45, 2.75) is 25.7 Å². The minimum absolute atomic E-state index is 0.0989. The molecule has 0 aliphatic rings. The number of fused-ring (bicyclic) bond motifs is 3. The van der Waals surface area contributed by atoms with Gasteiger partial charge in [0.15, 0.2) is 5.79 Å². The Morgan fingerprint density at radius 1 is 1.17 bits per heavy atom. The van der Waals surface area contributed by atoms with E-state index in [2.05, 4.69) is 10.3 Å². The van der Waals surface area contributed by atoms with Gasteiger partial charge < -0.3 is 14.8 Å². The van der Waals surface area contributed by atoms with Crippen molar-refractivity contribution in [3.8, 4) is 5.75 Å². The molecule has 4 nitrogen and oxygen atoms in total. The maximum absolute atomic E-state index is 13.4. The summed E-state index contributed by atoms with van der Waals surface area (Å²) in [5, 5.41) is 14.6. The number of aliphatic hydroxyl groups excluding tert-OH is 1. The predicted octanol–water partition coefficient (Wildman–Crippen LogP) is 3.36. The minimum atomic E-state index is -1.52. The van der Waals surface area contributed by atoms with Crippen molar-refractivity contribution >= 4 is 21.8 Å². The average molecular weight is 316 g/mol. The monoisotopic (exact) mass is 316 g/mol. The lowest BCUT2D eigenvalue weighted by Crippen LogP contribution is -2.41. The number of H-pyrrole nitrogens is 1. The van der Waals surface area contributed by atoms with Crippen LogP contribution in [0, 0.1) is 0 Å². The fourth-order valence-corrected chi connectivity index (χ4v) is 2.59. The van der Waals surface area contributed by atoms with Gasteiger partial charge in [0.1, 0.15) is 18.5 Å². The first kappa shape index (κ1) is 15.8. The van der Waals surface area contributed by atoms with E-state index < -0.39 is 11.9 Å². The molecule has 3 rings (SSSR count). The molecule has 23 heavy (non-hydrogen) atoms. The molecule has 1 aromatic heterocycles. The molecular formula is C18H21FN2O2. The molecule has 122 valence electrons. The molecule has 0 spiro atoms. The van der Waals surface area contributed by atoms with Crippen LogP contribution in [0.15, 0.2) is 42.5 Å². The van der Waals surface area contributed by atoms with Gasteiger partial charge in [-0.3, -0.25) is 5.32 Å². The highest BCUT2D eigenvalue weighted by Crippen LogP contribution is 2.32. The Labute approximate surface area is 134 Å². The van der Waals surface area contributed by atoms with Gasteiger partial charge >= 0.3 is 0 Å². The molecule has 0 amide bonds. The molecule has 1 heterocycles. The largest absolute Gasteiger partial charge is 0.490 e. The van der Waals surface area contributed by atoms with Crippen molar-refractivity contribution in [1.82, 2.24) is 10.3 Å². The predicted molar refractivity (Wildman–Crippen MR) is 90.5 cm³/mol. The summed E-state index contributed by atoms with van der Waals surface area (Å²) in [7, 11) is 0. The molecule has 0 aliphatic carbocycles. The number of benzene rings is 2. The summed E-state index contributed by atoms with van der Waals surface area (Å²) in [4.78, 5) is 3.35. The smallest absolute Gasteiger partial charge is 0.156 e. The van der Waals surface area contributed by atoms with Crippen molar-refractivity contribution in [2.24, 2.45) is 0 Å². The number of rotatable bonds is 6. The standard InChI is InChI=1S/C18H21FN2O2/c1-18(2,19)20-10-12(22)11-23-16-9-5-8-15-17(16)13-6-3-4-7-14(13)21-15/h3-9,12,20-22H,10-11H2,1-2H3. The highest BCUT2D eigenvalue weighted by molar-refractivity contribution is 6.10. The Hall–Kier alpha value is -2.11. The number of alkyl halides is 1. The minimum Gasteiger partial charge on any atom is -0.490 e. The Kier molecular flexibility index (Phi) is 4.24. The van der Waals surface area contributed by atoms with E-state index in [1.54, 1.807) is 0 Å². The topological polar surface area (TPSA) is 57.3 Å². The maximum atomic E-state index is 13.4. The van der Waals surface area contributed by atoms with Crippen LogP contribution >= 0.6 is 0 Å². The molecule has 0 aliphatic heterocycles. The quantitative estimate of drug-likeness (QED) is 0.611. The summed E-state index contributed by atoms with van der Waals surface area (Å²) in [6, 6.07) is 13.8. The number of para-hydroxylation sites is 1. The van der Waals surface area contributed by atoms with Crippen molar-refractivity contribution in [3.63, 3.8) is 0 Å². The Bertz CT molecular complexity index is 807. The normalized spacial score (nSPS) is 13.6. The third kappa shape index (κ3) is 3.63. The van der Waals surface area contributed by atoms with Crippen LogP contribution in [0.1, 0.15) is 13.8 Å². The van der Waals surface area contributed by atoms with Crippen LogP contribution in [-0.4, -0.2) is 35.1 Å². The third-order valence-corrected chi connectivity index (χ3v) is 3.68. The van der Waals surface area contributed by atoms with Gasteiger partial charge in [0.25, 0.3) is 0 Å². The second-order valence-corrected chi connectivity index (χ2v) is 6.17. The van der Waals surface area contributed by atoms with E-state index in [0.717, 1.165) is 21.8 Å². The number of nitrogens with one attached hydrogen (secondary N) is 2. The molecule has 0 saturated heterocycles. The highest BCUT2D eigenvalue weighted by atomic mass is 19.1. The SMILES string of the molecule is CC(C)(F)NCC(O)COc1cccc2[nH]c3ccccc3c12. The van der Waals surface area contributed by atoms with E-state index >= 15 is 0 Å². The van der Waals surface area contributed by atoms with Crippen LogP contribution < -0.4 is 10.1 Å². The first-order chi connectivity index (χ1) is 10.9. The summed E-state index contributed by atoms with van der Waals surface area (Å²) in [5.74, 6) is -0.809. The van der Waals surface area contributed by atoms with Gasteiger partial charge in [0, 0.05) is 22.8 Å². The van der Waals surface area contributed by atoms with Gasteiger partial charge in [-0.25, -0.2) is 4.39 Å². The Morgan fingerprint density at radius 2 is 1.91 bits per heavy atom. The molecule has 0 radical (unpaired) electrons. The first-order valence-corrected chi connectivity index (χ1v) is 7.68. The van der Waals surface area contributed by atoms with E-state index in [0.29, 0.717) is 5.75 Å². The average Bonchev–Trinajstić information content (AvgIpc) is 2.89. The lowest BCUT2D eigenvalue weighted by molar-refractivity contribution is 0.0774. The van der Waals surface area contributed by atoms with E-state index in [4.69, 9.17) is 4.74 Å². The first-order valence-electron chi connectivity index (χ1n) is 7.68. The number of halogens is 1. The number of aliphatic hydroxyl groups is 1. The molecule has 1 unspecified atom stereocenters. The maximum Gasteiger partial charge on any atom is 0.156 e. The van der Waals surface area contributed by atoms with Gasteiger partial charge in [-0.15, -0.1) is 0 Å². The van der Waals surface area contributed by atoms with Crippen LogP contribution in [0.5, 0.6) is 5.75 Å². The molecule has 0 fully saturated rings. The molecule has 3 N–H and O–H groups in total. The van der Waals surface area contributed by atoms with E-state index in [9.17, 15) is 9.50 Å². The summed E-state index contributed by atoms with van der Waals surface area (Å²) < 4.78 is 19.2. The number of hydrogen-bond acceptors (Lipinski definition) is 3. The van der Waals surface area contributed by atoms with Crippen molar-refractivity contribution in [3.05, 3.63) is 42.5 Å². The van der Waals surface area contributed by atoms with E-state index in [-0.39, 0.29) is 13.2 Å². The zero-order valence-electron chi connectivity index (χ0n) is 13.3. The lowest BCUT2D eigenvalue weighted by atomic mass is 10.1. The fourth-order valence-electron chi connectivity index (χ4n) is 2.59. The fraction of sp³-hybridized carbons (Fsp3) is 0.333. The van der Waals surface area contributed by atoms with Crippen LogP contribution in [0.4, 0.5) is 4.39 Å². The van der Waals surface area contributed by atoms with Gasteiger partial charge in [0.05, 0.1) is 5.52 Å². The number of aromatic nitrogens is 1.